The van der Waals surface area contributed by atoms with E-state index in [1.54, 1.807) is 0 Å². The third-order valence-electron chi connectivity index (χ3n) is 0.846. The number of alkyl halides is 3. The van der Waals surface area contributed by atoms with Gasteiger partial charge in [0, 0.05) is 0 Å². The maximum atomic E-state index is 11.8. The van der Waals surface area contributed by atoms with Gasteiger partial charge in [-0.25, -0.2) is 8.96 Å². The van der Waals surface area contributed by atoms with Crippen LogP contribution in [0, 0.1) is 0 Å². The Morgan fingerprint density at radius 2 is 1.90 bits per heavy atom. The Morgan fingerprint density at radius 3 is 1.90 bits per heavy atom. The van der Waals surface area contributed by atoms with Gasteiger partial charge in [0.1, 0.15) is 0 Å². The summed E-state index contributed by atoms with van der Waals surface area (Å²) in [5.74, 6) is 0. The Morgan fingerprint density at radius 1 is 1.60 bits per heavy atom. The number of hydrogen-bond donors (Lipinski definition) is 1. The molecule has 7 heteroatoms. The molecule has 2 unspecified atom stereocenters. The molecule has 1 N–H and O–H groups in total. The van der Waals surface area contributed by atoms with Crippen LogP contribution in [0.2, 0.25) is 0 Å². The molecule has 2 atom stereocenters. The van der Waals surface area contributed by atoms with Crippen molar-refractivity contribution >= 4 is 7.68 Å². The molecule has 0 bridgehead atoms. The zero-order valence-electron chi connectivity index (χ0n) is 4.89. The first kappa shape index (κ1) is 9.91. The van der Waals surface area contributed by atoms with E-state index in [2.05, 4.69) is 0 Å². The highest BCUT2D eigenvalue weighted by atomic mass is 31.2. The topological polar surface area (TPSA) is 37.3 Å². The van der Waals surface area contributed by atoms with Gasteiger partial charge < -0.3 is 4.89 Å². The lowest BCUT2D eigenvalue weighted by Crippen LogP contribution is -2.25. The monoisotopic (exact) mass is 180 g/mol. The van der Waals surface area contributed by atoms with Crippen molar-refractivity contribution in [2.75, 3.05) is 0 Å². The Bertz CT molecular complexity index is 162. The van der Waals surface area contributed by atoms with Crippen LogP contribution in [0.15, 0.2) is 0 Å². The molecule has 0 fully saturated rings. The largest absolute Gasteiger partial charge is 0.435 e. The standard InChI is InChI=1S/C3H5F4O2P/c1-2(4)3(5,6)10(7,8)9/h2H,1H3,(H,8,9). The SMILES string of the molecule is CC(F)C(F)(F)P(=O)(O)F. The normalized spacial score (nSPS) is 21.8. The fraction of sp³-hybridized carbons (Fsp3) is 1.00. The fourth-order valence-corrected chi connectivity index (χ4v) is 0.658. The van der Waals surface area contributed by atoms with E-state index in [1.165, 1.54) is 0 Å². The first-order valence-electron chi connectivity index (χ1n) is 2.24. The van der Waals surface area contributed by atoms with E-state index in [0.717, 1.165) is 0 Å². The minimum atomic E-state index is -6.13. The summed E-state index contributed by atoms with van der Waals surface area (Å²) in [6, 6.07) is 0. The van der Waals surface area contributed by atoms with Crippen molar-refractivity contribution in [1.29, 1.82) is 0 Å². The van der Waals surface area contributed by atoms with Gasteiger partial charge >= 0.3 is 13.3 Å². The molecular weight excluding hydrogens is 175 g/mol. The number of hydrogen-bond acceptors (Lipinski definition) is 1. The molecule has 2 nitrogen and oxygen atoms in total. The molecular formula is C3H5F4O2P. The molecule has 0 radical (unpaired) electrons. The molecule has 0 amide bonds. The average molecular weight is 180 g/mol. The highest BCUT2D eigenvalue weighted by molar-refractivity contribution is 7.53. The highest BCUT2D eigenvalue weighted by Crippen LogP contribution is 2.60. The molecule has 10 heavy (non-hydrogen) atoms. The van der Waals surface area contributed by atoms with Gasteiger partial charge in [0.15, 0.2) is 6.17 Å². The van der Waals surface area contributed by atoms with E-state index in [9.17, 15) is 21.9 Å². The quantitative estimate of drug-likeness (QED) is 0.521. The fourth-order valence-electron chi connectivity index (χ4n) is 0.219. The van der Waals surface area contributed by atoms with Crippen LogP contribution in [-0.2, 0) is 4.57 Å². The number of halogens is 4. The molecule has 0 heterocycles. The zero-order chi connectivity index (χ0) is 8.58. The van der Waals surface area contributed by atoms with Gasteiger partial charge in [0.25, 0.3) is 0 Å². The molecule has 0 aliphatic carbocycles. The summed E-state index contributed by atoms with van der Waals surface area (Å²) in [4.78, 5) is 7.61. The maximum Gasteiger partial charge on any atom is 0.435 e. The van der Waals surface area contributed by atoms with Gasteiger partial charge in [-0.2, -0.15) is 13.0 Å². The molecule has 62 valence electrons. The second-order valence-corrected chi connectivity index (χ2v) is 3.31. The van der Waals surface area contributed by atoms with Gasteiger partial charge in [0.2, 0.25) is 0 Å². The lowest BCUT2D eigenvalue weighted by Gasteiger charge is -2.16. The summed E-state index contributed by atoms with van der Waals surface area (Å²) in [7, 11) is -6.13. The van der Waals surface area contributed by atoms with Crippen LogP contribution in [0.1, 0.15) is 6.92 Å². The first-order valence-corrected chi connectivity index (χ1v) is 3.79. The summed E-state index contributed by atoms with van der Waals surface area (Å²) >= 11 is 0. The van der Waals surface area contributed by atoms with Crippen LogP contribution >= 0.6 is 7.68 Å². The minimum Gasteiger partial charge on any atom is -0.317 e. The van der Waals surface area contributed by atoms with E-state index in [0.29, 0.717) is 6.92 Å². The summed E-state index contributed by atoms with van der Waals surface area (Å²) in [5, 5.41) is 0. The van der Waals surface area contributed by atoms with Gasteiger partial charge in [-0.15, -0.1) is 0 Å². The second kappa shape index (κ2) is 2.51. The van der Waals surface area contributed by atoms with E-state index >= 15 is 0 Å². The molecule has 0 saturated carbocycles. The molecule has 0 spiro atoms. The van der Waals surface area contributed by atoms with Crippen molar-refractivity contribution < 1.29 is 26.8 Å². The van der Waals surface area contributed by atoms with Crippen molar-refractivity contribution in [3.63, 3.8) is 0 Å². The molecule has 0 aromatic rings. The van der Waals surface area contributed by atoms with E-state index in [1.807, 2.05) is 0 Å². The van der Waals surface area contributed by atoms with Crippen LogP contribution in [-0.4, -0.2) is 16.7 Å². The first-order chi connectivity index (χ1) is 4.19. The third-order valence-corrected chi connectivity index (χ3v) is 1.94. The molecule has 0 saturated heterocycles. The van der Waals surface area contributed by atoms with Crippen LogP contribution in [0.5, 0.6) is 0 Å². The predicted molar refractivity (Wildman–Crippen MR) is 26.5 cm³/mol. The Labute approximate surface area is 54.4 Å². The molecule has 0 aromatic carbocycles. The van der Waals surface area contributed by atoms with Gasteiger partial charge in [-0.1, -0.05) is 0 Å². The molecule has 0 rings (SSSR count). The van der Waals surface area contributed by atoms with Gasteiger partial charge in [0.05, 0.1) is 0 Å². The maximum absolute atomic E-state index is 11.8. The minimum absolute atomic E-state index is 0.308. The van der Waals surface area contributed by atoms with Crippen LogP contribution in [0.4, 0.5) is 17.4 Å². The van der Waals surface area contributed by atoms with Gasteiger partial charge in [-0.05, 0) is 6.92 Å². The Hall–Kier alpha value is -0.0900. The summed E-state index contributed by atoms with van der Waals surface area (Å²) in [5.41, 5.74) is -4.78. The summed E-state index contributed by atoms with van der Waals surface area (Å²) < 4.78 is 56.3. The Kier molecular flexibility index (Phi) is 2.49. The second-order valence-electron chi connectivity index (χ2n) is 1.71. The molecule has 0 aliphatic rings. The van der Waals surface area contributed by atoms with E-state index < -0.39 is 19.5 Å². The van der Waals surface area contributed by atoms with E-state index in [4.69, 9.17) is 4.89 Å². The van der Waals surface area contributed by atoms with Crippen molar-refractivity contribution in [3.8, 4) is 0 Å². The van der Waals surface area contributed by atoms with Crippen molar-refractivity contribution in [1.82, 2.24) is 0 Å². The lowest BCUT2D eigenvalue weighted by atomic mass is 10.5. The highest BCUT2D eigenvalue weighted by Gasteiger charge is 2.55. The van der Waals surface area contributed by atoms with Crippen LogP contribution in [0.3, 0.4) is 0 Å². The molecule has 0 aliphatic heterocycles. The predicted octanol–water partition coefficient (Wildman–Crippen LogP) is 2.09. The zero-order valence-corrected chi connectivity index (χ0v) is 5.79. The smallest absolute Gasteiger partial charge is 0.317 e. The van der Waals surface area contributed by atoms with Crippen LogP contribution < -0.4 is 0 Å². The third kappa shape index (κ3) is 1.70. The summed E-state index contributed by atoms with van der Waals surface area (Å²) in [6.07, 6.45) is -2.96. The van der Waals surface area contributed by atoms with Crippen molar-refractivity contribution in [2.24, 2.45) is 0 Å². The van der Waals surface area contributed by atoms with E-state index in [-0.39, 0.29) is 0 Å². The van der Waals surface area contributed by atoms with Crippen molar-refractivity contribution in [2.45, 2.75) is 18.8 Å². The summed E-state index contributed by atoms with van der Waals surface area (Å²) in [6.45, 7) is 0.308. The van der Waals surface area contributed by atoms with Crippen LogP contribution in [0.25, 0.3) is 0 Å². The molecule has 0 aromatic heterocycles. The average Bonchev–Trinajstić information content (AvgIpc) is 1.62. The lowest BCUT2D eigenvalue weighted by molar-refractivity contribution is -0.00416. The van der Waals surface area contributed by atoms with Gasteiger partial charge in [-0.3, -0.25) is 0 Å². The van der Waals surface area contributed by atoms with Crippen molar-refractivity contribution in [3.05, 3.63) is 0 Å². The number of rotatable bonds is 2. The Balaban J connectivity index is 4.58.